The third-order valence-electron chi connectivity index (χ3n) is 3.02. The summed E-state index contributed by atoms with van der Waals surface area (Å²) in [6.45, 7) is 0.104. The summed E-state index contributed by atoms with van der Waals surface area (Å²) in [5.74, 6) is -0.274. The molecule has 1 aromatic heterocycles. The Bertz CT molecular complexity index is 551. The number of carbonyl (C=O) groups is 1. The van der Waals surface area contributed by atoms with Gasteiger partial charge in [0.05, 0.1) is 12.3 Å². The number of nitrogens with two attached hydrogens (primary N) is 1. The monoisotopic (exact) mass is 274 g/mol. The van der Waals surface area contributed by atoms with Gasteiger partial charge >= 0.3 is 0 Å². The molecular formula is C14H18N4O2. The summed E-state index contributed by atoms with van der Waals surface area (Å²) >= 11 is 0. The van der Waals surface area contributed by atoms with Crippen molar-refractivity contribution >= 4 is 5.91 Å². The normalized spacial score (nSPS) is 12.2. The molecule has 1 atom stereocenters. The molecule has 6 nitrogen and oxygen atoms in total. The fourth-order valence-corrected chi connectivity index (χ4v) is 1.89. The number of hydrogen-bond acceptors (Lipinski definition) is 4. The summed E-state index contributed by atoms with van der Waals surface area (Å²) in [5, 5.41) is 13.0. The zero-order valence-corrected chi connectivity index (χ0v) is 11.3. The molecule has 0 aliphatic rings. The second kappa shape index (κ2) is 6.31. The quantitative estimate of drug-likeness (QED) is 0.813. The second-order valence-electron chi connectivity index (χ2n) is 4.60. The van der Waals surface area contributed by atoms with Crippen LogP contribution >= 0.6 is 0 Å². The standard InChI is InChI=1S/C14H18N4O2/c1-17(14(20)13(15)10-19)9-11-3-5-12(6-4-11)18-8-2-7-16-18/h2-8,13,19H,9-10,15H2,1H3/t13-/m0/s1. The lowest BCUT2D eigenvalue weighted by molar-refractivity contribution is -0.132. The van der Waals surface area contributed by atoms with Crippen LogP contribution in [0.15, 0.2) is 42.7 Å². The number of aliphatic hydroxyl groups is 1. The minimum absolute atomic E-state index is 0.274. The van der Waals surface area contributed by atoms with Crippen molar-refractivity contribution in [1.82, 2.24) is 14.7 Å². The highest BCUT2D eigenvalue weighted by Crippen LogP contribution is 2.10. The van der Waals surface area contributed by atoms with Crippen LogP contribution in [-0.4, -0.2) is 45.4 Å². The average Bonchev–Trinajstić information content (AvgIpc) is 3.00. The number of rotatable bonds is 5. The predicted molar refractivity (Wildman–Crippen MR) is 75.1 cm³/mol. The van der Waals surface area contributed by atoms with Gasteiger partial charge in [0.2, 0.25) is 5.91 Å². The summed E-state index contributed by atoms with van der Waals surface area (Å²) in [7, 11) is 1.67. The minimum Gasteiger partial charge on any atom is -0.394 e. The zero-order chi connectivity index (χ0) is 14.5. The van der Waals surface area contributed by atoms with Crippen molar-refractivity contribution < 1.29 is 9.90 Å². The minimum atomic E-state index is -0.858. The maximum Gasteiger partial charge on any atom is 0.241 e. The van der Waals surface area contributed by atoms with Crippen LogP contribution in [0.3, 0.4) is 0 Å². The molecule has 0 unspecified atom stereocenters. The first-order valence-corrected chi connectivity index (χ1v) is 6.32. The number of likely N-dealkylation sites (N-methyl/N-ethyl adjacent to an activating group) is 1. The Balaban J connectivity index is 2.02. The highest BCUT2D eigenvalue weighted by atomic mass is 16.3. The van der Waals surface area contributed by atoms with Gasteiger partial charge < -0.3 is 15.7 Å². The molecule has 1 aromatic carbocycles. The van der Waals surface area contributed by atoms with E-state index in [2.05, 4.69) is 5.10 Å². The van der Waals surface area contributed by atoms with Gasteiger partial charge in [-0.3, -0.25) is 4.79 Å². The predicted octanol–water partition coefficient (Wildman–Crippen LogP) is 0.150. The van der Waals surface area contributed by atoms with E-state index >= 15 is 0 Å². The summed E-state index contributed by atoms with van der Waals surface area (Å²) < 4.78 is 1.76. The highest BCUT2D eigenvalue weighted by Gasteiger charge is 2.16. The molecule has 0 fully saturated rings. The van der Waals surface area contributed by atoms with Crippen molar-refractivity contribution in [2.24, 2.45) is 5.73 Å². The van der Waals surface area contributed by atoms with E-state index in [0.717, 1.165) is 11.3 Å². The zero-order valence-electron chi connectivity index (χ0n) is 11.3. The van der Waals surface area contributed by atoms with Crippen LogP contribution in [0.5, 0.6) is 0 Å². The van der Waals surface area contributed by atoms with E-state index in [1.165, 1.54) is 4.90 Å². The molecule has 6 heteroatoms. The molecule has 0 saturated carbocycles. The van der Waals surface area contributed by atoms with Crippen molar-refractivity contribution in [3.8, 4) is 5.69 Å². The van der Waals surface area contributed by atoms with Gasteiger partial charge in [0, 0.05) is 26.0 Å². The summed E-state index contributed by atoms with van der Waals surface area (Å²) in [4.78, 5) is 13.3. The van der Waals surface area contributed by atoms with Crippen LogP contribution in [0.2, 0.25) is 0 Å². The third kappa shape index (κ3) is 3.23. The number of hydrogen-bond donors (Lipinski definition) is 2. The lowest BCUT2D eigenvalue weighted by atomic mass is 10.2. The first-order valence-electron chi connectivity index (χ1n) is 6.32. The van der Waals surface area contributed by atoms with Gasteiger partial charge in [-0.1, -0.05) is 12.1 Å². The van der Waals surface area contributed by atoms with Gasteiger partial charge in [0.1, 0.15) is 6.04 Å². The van der Waals surface area contributed by atoms with E-state index in [4.69, 9.17) is 10.8 Å². The molecule has 20 heavy (non-hydrogen) atoms. The molecule has 0 aliphatic carbocycles. The maximum atomic E-state index is 11.8. The van der Waals surface area contributed by atoms with E-state index in [1.807, 2.05) is 36.5 Å². The molecule has 1 heterocycles. The number of benzene rings is 1. The fourth-order valence-electron chi connectivity index (χ4n) is 1.89. The van der Waals surface area contributed by atoms with Crippen LogP contribution < -0.4 is 5.73 Å². The smallest absolute Gasteiger partial charge is 0.241 e. The number of aliphatic hydroxyl groups excluding tert-OH is 1. The molecule has 0 bridgehead atoms. The Labute approximate surface area is 117 Å². The van der Waals surface area contributed by atoms with Gasteiger partial charge in [0.25, 0.3) is 0 Å². The fraction of sp³-hybridized carbons (Fsp3) is 0.286. The Kier molecular flexibility index (Phi) is 4.49. The lowest BCUT2D eigenvalue weighted by Crippen LogP contribution is -2.43. The van der Waals surface area contributed by atoms with Crippen molar-refractivity contribution in [3.63, 3.8) is 0 Å². The second-order valence-corrected chi connectivity index (χ2v) is 4.60. The lowest BCUT2D eigenvalue weighted by Gasteiger charge is -2.20. The molecule has 2 aromatic rings. The van der Waals surface area contributed by atoms with E-state index in [9.17, 15) is 4.79 Å². The van der Waals surface area contributed by atoms with Crippen LogP contribution in [0, 0.1) is 0 Å². The molecule has 0 radical (unpaired) electrons. The summed E-state index contributed by atoms with van der Waals surface area (Å²) in [5.41, 5.74) is 7.45. The third-order valence-corrected chi connectivity index (χ3v) is 3.02. The van der Waals surface area contributed by atoms with E-state index in [-0.39, 0.29) is 12.5 Å². The van der Waals surface area contributed by atoms with Gasteiger partial charge in [0.15, 0.2) is 0 Å². The van der Waals surface area contributed by atoms with Crippen LogP contribution in [-0.2, 0) is 11.3 Å². The van der Waals surface area contributed by atoms with E-state index in [1.54, 1.807) is 17.9 Å². The number of amides is 1. The molecular weight excluding hydrogens is 256 g/mol. The van der Waals surface area contributed by atoms with Crippen LogP contribution in [0.25, 0.3) is 5.69 Å². The molecule has 3 N–H and O–H groups in total. The largest absolute Gasteiger partial charge is 0.394 e. The highest BCUT2D eigenvalue weighted by molar-refractivity contribution is 5.81. The molecule has 0 saturated heterocycles. The summed E-state index contributed by atoms with van der Waals surface area (Å²) in [6.07, 6.45) is 3.58. The van der Waals surface area contributed by atoms with Gasteiger partial charge in [-0.15, -0.1) is 0 Å². The Morgan fingerprint density at radius 2 is 2.15 bits per heavy atom. The first kappa shape index (κ1) is 14.2. The number of aromatic nitrogens is 2. The molecule has 106 valence electrons. The van der Waals surface area contributed by atoms with Crippen molar-refractivity contribution in [3.05, 3.63) is 48.3 Å². The number of carbonyl (C=O) groups excluding carboxylic acids is 1. The van der Waals surface area contributed by atoms with Gasteiger partial charge in [-0.2, -0.15) is 5.10 Å². The van der Waals surface area contributed by atoms with Crippen molar-refractivity contribution in [2.45, 2.75) is 12.6 Å². The maximum absolute atomic E-state index is 11.8. The average molecular weight is 274 g/mol. The molecule has 0 spiro atoms. The Morgan fingerprint density at radius 1 is 1.45 bits per heavy atom. The van der Waals surface area contributed by atoms with Crippen molar-refractivity contribution in [1.29, 1.82) is 0 Å². The summed E-state index contributed by atoms with van der Waals surface area (Å²) in [6, 6.07) is 8.75. The van der Waals surface area contributed by atoms with Crippen LogP contribution in [0.4, 0.5) is 0 Å². The van der Waals surface area contributed by atoms with E-state index < -0.39 is 6.04 Å². The Morgan fingerprint density at radius 3 is 2.70 bits per heavy atom. The number of nitrogens with zero attached hydrogens (tertiary/aromatic N) is 3. The van der Waals surface area contributed by atoms with Gasteiger partial charge in [-0.05, 0) is 23.8 Å². The first-order chi connectivity index (χ1) is 9.61. The molecule has 2 rings (SSSR count). The van der Waals surface area contributed by atoms with Crippen LogP contribution in [0.1, 0.15) is 5.56 Å². The van der Waals surface area contributed by atoms with E-state index in [0.29, 0.717) is 6.54 Å². The van der Waals surface area contributed by atoms with Crippen molar-refractivity contribution in [2.75, 3.05) is 13.7 Å². The van der Waals surface area contributed by atoms with Gasteiger partial charge in [-0.25, -0.2) is 4.68 Å². The Hall–Kier alpha value is -2.18. The molecule has 0 aliphatic heterocycles. The topological polar surface area (TPSA) is 84.4 Å². The molecule has 1 amide bonds. The SMILES string of the molecule is CN(Cc1ccc(-n2cccn2)cc1)C(=O)[C@@H](N)CO.